The lowest BCUT2D eigenvalue weighted by Gasteiger charge is -2.43. The fourth-order valence-electron chi connectivity index (χ4n) is 9.12. The van der Waals surface area contributed by atoms with Crippen molar-refractivity contribution < 1.29 is 28.7 Å². The zero-order chi connectivity index (χ0) is 38.7. The standard InChI is InChI=1S/C41H45N9O6/c1-24(2)56-35-20-31-26(19-33(35)44-38(52)32-21-43-50-13-3-12-42-37(32)50)22-48(41(31)55)28-6-4-27(5-7-28)46-14-16-47(17-15-46)29-8-9-30-25(18-29)23-49(40(30)54)34-10-11-36(51)45-39(34)53/h3,8-9,12-13,18-21,24,27-28,34H,4-7,10-11,14-17,22-23H2,1-2H3,(H,44,52)(H,45,51,53). The van der Waals surface area contributed by atoms with Crippen LogP contribution >= 0.6 is 0 Å². The van der Waals surface area contributed by atoms with E-state index in [0.717, 1.165) is 68.7 Å². The van der Waals surface area contributed by atoms with Crippen molar-refractivity contribution in [2.24, 2.45) is 0 Å². The summed E-state index contributed by atoms with van der Waals surface area (Å²) in [6, 6.07) is 11.3. The van der Waals surface area contributed by atoms with Gasteiger partial charge in [0.05, 0.1) is 18.0 Å². The molecular formula is C41H45N9O6. The number of nitrogens with one attached hydrogen (secondary N) is 2. The van der Waals surface area contributed by atoms with Crippen LogP contribution in [0.25, 0.3) is 5.65 Å². The lowest BCUT2D eigenvalue weighted by molar-refractivity contribution is -0.136. The lowest BCUT2D eigenvalue weighted by atomic mass is 9.89. The van der Waals surface area contributed by atoms with Gasteiger partial charge in [0.1, 0.15) is 17.4 Å². The zero-order valence-corrected chi connectivity index (χ0v) is 31.6. The number of benzene rings is 2. The number of nitrogens with zero attached hydrogens (tertiary/aromatic N) is 7. The van der Waals surface area contributed by atoms with Crippen LogP contribution in [0.2, 0.25) is 0 Å². The van der Waals surface area contributed by atoms with Crippen LogP contribution in [0.1, 0.15) is 94.6 Å². The van der Waals surface area contributed by atoms with Crippen molar-refractivity contribution in [1.82, 2.24) is 34.6 Å². The van der Waals surface area contributed by atoms with Crippen LogP contribution in [0.5, 0.6) is 5.75 Å². The SMILES string of the molecule is CC(C)Oc1cc2c(cc1NC(=O)c1cnn3cccnc13)CN(C1CCC(N3CCN(c4ccc5c(c4)CN(C4CCC(=O)NC4=O)C5=O)CC3)CC1)C2=O. The summed E-state index contributed by atoms with van der Waals surface area (Å²) in [6.07, 6.45) is 9.15. The maximum absolute atomic E-state index is 13.9. The van der Waals surface area contributed by atoms with Crippen molar-refractivity contribution in [2.45, 2.75) is 89.7 Å². The molecule has 1 aliphatic carbocycles. The quantitative estimate of drug-likeness (QED) is 0.254. The second-order valence-corrected chi connectivity index (χ2v) is 15.7. The van der Waals surface area contributed by atoms with Crippen molar-refractivity contribution in [1.29, 1.82) is 0 Å². The summed E-state index contributed by atoms with van der Waals surface area (Å²) in [6.45, 7) is 8.29. The van der Waals surface area contributed by atoms with E-state index in [0.29, 0.717) is 59.3 Å². The molecule has 4 aromatic rings. The maximum Gasteiger partial charge on any atom is 0.261 e. The number of ether oxygens (including phenoxy) is 1. The minimum Gasteiger partial charge on any atom is -0.489 e. The number of imide groups is 1. The fourth-order valence-corrected chi connectivity index (χ4v) is 9.12. The number of rotatable bonds is 8. The molecule has 0 bridgehead atoms. The summed E-state index contributed by atoms with van der Waals surface area (Å²) in [4.78, 5) is 77.4. The van der Waals surface area contributed by atoms with Gasteiger partial charge in [-0.3, -0.25) is 34.2 Å². The van der Waals surface area contributed by atoms with E-state index in [1.54, 1.807) is 33.9 Å². The number of aromatic nitrogens is 3. The number of fused-ring (bicyclic) bond motifs is 3. The molecule has 56 heavy (non-hydrogen) atoms. The van der Waals surface area contributed by atoms with Crippen LogP contribution in [0.4, 0.5) is 11.4 Å². The average Bonchev–Trinajstić information content (AvgIpc) is 3.87. The molecular weight excluding hydrogens is 715 g/mol. The van der Waals surface area contributed by atoms with Crippen LogP contribution in [-0.4, -0.2) is 109 Å². The van der Waals surface area contributed by atoms with E-state index < -0.39 is 11.9 Å². The molecule has 5 aliphatic rings. The van der Waals surface area contributed by atoms with E-state index in [1.807, 2.05) is 36.9 Å². The van der Waals surface area contributed by atoms with Gasteiger partial charge in [-0.05, 0) is 93.5 Å². The third-order valence-electron chi connectivity index (χ3n) is 12.0. The van der Waals surface area contributed by atoms with Crippen molar-refractivity contribution in [2.75, 3.05) is 36.4 Å². The highest BCUT2D eigenvalue weighted by molar-refractivity contribution is 6.09. The number of piperidine rings is 1. The second-order valence-electron chi connectivity index (χ2n) is 15.7. The Labute approximate surface area is 323 Å². The van der Waals surface area contributed by atoms with Gasteiger partial charge in [-0.15, -0.1) is 0 Å². The first-order chi connectivity index (χ1) is 27.1. The largest absolute Gasteiger partial charge is 0.489 e. The van der Waals surface area contributed by atoms with E-state index in [1.165, 1.54) is 6.20 Å². The molecule has 15 heteroatoms. The Morgan fingerprint density at radius 1 is 0.875 bits per heavy atom. The highest BCUT2D eigenvalue weighted by atomic mass is 16.5. The van der Waals surface area contributed by atoms with Crippen LogP contribution < -0.4 is 20.3 Å². The number of carbonyl (C=O) groups excluding carboxylic acids is 5. The van der Waals surface area contributed by atoms with E-state index >= 15 is 0 Å². The number of amides is 5. The molecule has 2 aromatic heterocycles. The van der Waals surface area contributed by atoms with Crippen molar-refractivity contribution in [3.05, 3.63) is 82.8 Å². The Kier molecular flexibility index (Phi) is 9.18. The molecule has 2 aromatic carbocycles. The van der Waals surface area contributed by atoms with Gasteiger partial charge in [0.25, 0.3) is 17.7 Å². The predicted molar refractivity (Wildman–Crippen MR) is 205 cm³/mol. The minimum absolute atomic E-state index is 0.00616. The van der Waals surface area contributed by atoms with E-state index in [-0.39, 0.29) is 42.2 Å². The number of hydrogen-bond donors (Lipinski definition) is 2. The Hall–Kier alpha value is -5.83. The number of piperazine rings is 1. The molecule has 1 atom stereocenters. The molecule has 2 saturated heterocycles. The van der Waals surface area contributed by atoms with Gasteiger partial charge in [-0.25, -0.2) is 9.50 Å². The van der Waals surface area contributed by atoms with Crippen molar-refractivity contribution >= 4 is 46.6 Å². The Morgan fingerprint density at radius 3 is 2.38 bits per heavy atom. The minimum atomic E-state index is -0.619. The molecule has 4 aliphatic heterocycles. The van der Waals surface area contributed by atoms with Crippen LogP contribution in [0.15, 0.2) is 55.0 Å². The second kappa shape index (κ2) is 14.3. The van der Waals surface area contributed by atoms with Crippen LogP contribution in [0, 0.1) is 0 Å². The molecule has 3 fully saturated rings. The van der Waals surface area contributed by atoms with Crippen molar-refractivity contribution in [3.8, 4) is 5.75 Å². The van der Waals surface area contributed by atoms with Gasteiger partial charge >= 0.3 is 0 Å². The third-order valence-corrected chi connectivity index (χ3v) is 12.0. The average molecular weight is 760 g/mol. The van der Waals surface area contributed by atoms with Crippen LogP contribution in [-0.2, 0) is 22.7 Å². The number of carbonyl (C=O) groups is 5. The molecule has 2 N–H and O–H groups in total. The zero-order valence-electron chi connectivity index (χ0n) is 31.6. The van der Waals surface area contributed by atoms with Gasteiger partial charge in [0.2, 0.25) is 11.8 Å². The third kappa shape index (κ3) is 6.52. The van der Waals surface area contributed by atoms with Gasteiger partial charge in [0.15, 0.2) is 5.65 Å². The summed E-state index contributed by atoms with van der Waals surface area (Å²) in [5.74, 6) is -0.731. The smallest absolute Gasteiger partial charge is 0.261 e. The first kappa shape index (κ1) is 35.8. The van der Waals surface area contributed by atoms with Crippen molar-refractivity contribution in [3.63, 3.8) is 0 Å². The topological polar surface area (TPSA) is 162 Å². The molecule has 6 heterocycles. The van der Waals surface area contributed by atoms with E-state index in [9.17, 15) is 24.0 Å². The van der Waals surface area contributed by atoms with Gasteiger partial charge < -0.3 is 24.8 Å². The first-order valence-corrected chi connectivity index (χ1v) is 19.6. The van der Waals surface area contributed by atoms with Gasteiger partial charge in [-0.2, -0.15) is 5.10 Å². The molecule has 1 saturated carbocycles. The predicted octanol–water partition coefficient (Wildman–Crippen LogP) is 3.62. The Balaban J connectivity index is 0.803. The molecule has 0 radical (unpaired) electrons. The molecule has 290 valence electrons. The van der Waals surface area contributed by atoms with Crippen LogP contribution in [0.3, 0.4) is 0 Å². The Bertz CT molecular complexity index is 2250. The fraction of sp³-hybridized carbons (Fsp3) is 0.439. The summed E-state index contributed by atoms with van der Waals surface area (Å²) < 4.78 is 7.66. The maximum atomic E-state index is 13.9. The highest BCUT2D eigenvalue weighted by Gasteiger charge is 2.40. The molecule has 1 unspecified atom stereocenters. The van der Waals surface area contributed by atoms with E-state index in [2.05, 4.69) is 36.6 Å². The first-order valence-electron chi connectivity index (χ1n) is 19.6. The highest BCUT2D eigenvalue weighted by Crippen LogP contribution is 2.38. The lowest BCUT2D eigenvalue weighted by Crippen LogP contribution is -2.52. The van der Waals surface area contributed by atoms with E-state index in [4.69, 9.17) is 4.74 Å². The molecule has 5 amide bonds. The number of anilines is 2. The summed E-state index contributed by atoms with van der Waals surface area (Å²) in [5.41, 5.74) is 5.43. The Morgan fingerprint density at radius 2 is 1.61 bits per heavy atom. The van der Waals surface area contributed by atoms with Gasteiger partial charge in [-0.1, -0.05) is 0 Å². The monoisotopic (exact) mass is 759 g/mol. The molecule has 15 nitrogen and oxygen atoms in total. The number of hydrogen-bond acceptors (Lipinski definition) is 10. The van der Waals surface area contributed by atoms with Gasteiger partial charge in [0, 0.05) is 87.0 Å². The summed E-state index contributed by atoms with van der Waals surface area (Å²) in [5, 5.41) is 9.61. The summed E-state index contributed by atoms with van der Waals surface area (Å²) >= 11 is 0. The molecule has 9 rings (SSSR count). The summed E-state index contributed by atoms with van der Waals surface area (Å²) in [7, 11) is 0. The normalized spacial score (nSPS) is 22.8. The molecule has 0 spiro atoms.